The quantitative estimate of drug-likeness (QED) is 0.685. The van der Waals surface area contributed by atoms with Crippen LogP contribution in [0.1, 0.15) is 31.0 Å². The Morgan fingerprint density at radius 1 is 0.957 bits per heavy atom. The van der Waals surface area contributed by atoms with Crippen LogP contribution in [-0.4, -0.2) is 6.61 Å². The number of hydrogen-bond donors (Lipinski definition) is 1. The van der Waals surface area contributed by atoms with E-state index in [4.69, 9.17) is 4.74 Å². The van der Waals surface area contributed by atoms with Gasteiger partial charge in [0.15, 0.2) is 0 Å². The van der Waals surface area contributed by atoms with Crippen LogP contribution >= 0.6 is 0 Å². The van der Waals surface area contributed by atoms with E-state index in [0.29, 0.717) is 6.61 Å². The third-order valence-corrected chi connectivity index (χ3v) is 4.11. The molecule has 0 unspecified atom stereocenters. The zero-order valence-corrected chi connectivity index (χ0v) is 13.8. The van der Waals surface area contributed by atoms with Gasteiger partial charge in [-0.05, 0) is 47.9 Å². The maximum Gasteiger partial charge on any atom is 0.119 e. The molecule has 0 spiro atoms. The number of hydrogen-bond acceptors (Lipinski definition) is 2. The van der Waals surface area contributed by atoms with Crippen molar-refractivity contribution >= 4 is 10.8 Å². The number of rotatable bonds is 6. The molecular formula is C21H23NO. The molecule has 2 heteroatoms. The van der Waals surface area contributed by atoms with Gasteiger partial charge < -0.3 is 10.1 Å². The van der Waals surface area contributed by atoms with Crippen LogP contribution < -0.4 is 10.1 Å². The van der Waals surface area contributed by atoms with Gasteiger partial charge in [-0.2, -0.15) is 0 Å². The van der Waals surface area contributed by atoms with Gasteiger partial charge in [0.05, 0.1) is 6.61 Å². The van der Waals surface area contributed by atoms with E-state index in [-0.39, 0.29) is 6.04 Å². The van der Waals surface area contributed by atoms with Gasteiger partial charge in [-0.1, -0.05) is 54.6 Å². The van der Waals surface area contributed by atoms with E-state index < -0.39 is 0 Å². The highest BCUT2D eigenvalue weighted by Gasteiger charge is 2.08. The van der Waals surface area contributed by atoms with Crippen LogP contribution in [0.4, 0.5) is 0 Å². The molecule has 3 aromatic rings. The summed E-state index contributed by atoms with van der Waals surface area (Å²) in [6, 6.07) is 23.6. The summed E-state index contributed by atoms with van der Waals surface area (Å²) in [6.45, 7) is 5.75. The van der Waals surface area contributed by atoms with Gasteiger partial charge in [-0.3, -0.25) is 0 Å². The lowest BCUT2D eigenvalue weighted by atomic mass is 9.99. The third-order valence-electron chi connectivity index (χ3n) is 4.11. The second kappa shape index (κ2) is 7.30. The minimum Gasteiger partial charge on any atom is -0.494 e. The molecule has 0 aromatic heterocycles. The van der Waals surface area contributed by atoms with Gasteiger partial charge in [0.25, 0.3) is 0 Å². The SMILES string of the molecule is CCOc1cccc(CN[C@@H](C)c2cccc3ccccc23)c1. The van der Waals surface area contributed by atoms with Crippen molar-refractivity contribution < 1.29 is 4.74 Å². The zero-order valence-electron chi connectivity index (χ0n) is 13.8. The van der Waals surface area contributed by atoms with E-state index in [1.165, 1.54) is 21.9 Å². The highest BCUT2D eigenvalue weighted by Crippen LogP contribution is 2.24. The number of ether oxygens (including phenoxy) is 1. The fraction of sp³-hybridized carbons (Fsp3) is 0.238. The molecule has 23 heavy (non-hydrogen) atoms. The molecule has 118 valence electrons. The lowest BCUT2D eigenvalue weighted by Gasteiger charge is -2.17. The molecule has 0 aliphatic heterocycles. The minimum absolute atomic E-state index is 0.289. The Labute approximate surface area is 138 Å². The summed E-state index contributed by atoms with van der Waals surface area (Å²) >= 11 is 0. The Morgan fingerprint density at radius 3 is 2.61 bits per heavy atom. The Balaban J connectivity index is 1.74. The van der Waals surface area contributed by atoms with Crippen LogP contribution in [0.25, 0.3) is 10.8 Å². The summed E-state index contributed by atoms with van der Waals surface area (Å²) in [5, 5.41) is 6.23. The first-order chi connectivity index (χ1) is 11.3. The van der Waals surface area contributed by atoms with Crippen molar-refractivity contribution in [2.45, 2.75) is 26.4 Å². The van der Waals surface area contributed by atoms with E-state index in [0.717, 1.165) is 12.3 Å². The molecule has 1 N–H and O–H groups in total. The molecule has 0 radical (unpaired) electrons. The van der Waals surface area contributed by atoms with Crippen LogP contribution in [0, 0.1) is 0 Å². The molecule has 2 nitrogen and oxygen atoms in total. The Kier molecular flexibility index (Phi) is 4.94. The third kappa shape index (κ3) is 3.72. The monoisotopic (exact) mass is 305 g/mol. The summed E-state index contributed by atoms with van der Waals surface area (Å²) in [4.78, 5) is 0. The highest BCUT2D eigenvalue weighted by molar-refractivity contribution is 5.86. The fourth-order valence-electron chi connectivity index (χ4n) is 2.92. The van der Waals surface area contributed by atoms with Crippen molar-refractivity contribution in [3.05, 3.63) is 77.9 Å². The minimum atomic E-state index is 0.289. The summed E-state index contributed by atoms with van der Waals surface area (Å²) in [6.07, 6.45) is 0. The van der Waals surface area contributed by atoms with Crippen LogP contribution in [0.2, 0.25) is 0 Å². The molecule has 3 rings (SSSR count). The normalized spacial score (nSPS) is 12.3. The largest absolute Gasteiger partial charge is 0.494 e. The van der Waals surface area contributed by atoms with Crippen molar-refractivity contribution in [1.29, 1.82) is 0 Å². The van der Waals surface area contributed by atoms with Gasteiger partial charge in [-0.25, -0.2) is 0 Å². The molecule has 0 saturated heterocycles. The van der Waals surface area contributed by atoms with Gasteiger partial charge in [0.1, 0.15) is 5.75 Å². The van der Waals surface area contributed by atoms with E-state index in [2.05, 4.69) is 66.8 Å². The number of nitrogens with one attached hydrogen (secondary N) is 1. The highest BCUT2D eigenvalue weighted by atomic mass is 16.5. The van der Waals surface area contributed by atoms with E-state index in [1.54, 1.807) is 0 Å². The summed E-state index contributed by atoms with van der Waals surface area (Å²) in [5.41, 5.74) is 2.58. The average Bonchev–Trinajstić information content (AvgIpc) is 2.60. The summed E-state index contributed by atoms with van der Waals surface area (Å²) < 4.78 is 5.57. The first-order valence-electron chi connectivity index (χ1n) is 8.20. The first kappa shape index (κ1) is 15.6. The molecule has 3 aromatic carbocycles. The predicted octanol–water partition coefficient (Wildman–Crippen LogP) is 5.09. The Bertz CT molecular complexity index is 776. The number of fused-ring (bicyclic) bond motifs is 1. The Morgan fingerprint density at radius 2 is 1.74 bits per heavy atom. The van der Waals surface area contributed by atoms with Crippen LogP contribution in [-0.2, 0) is 6.54 Å². The molecule has 0 heterocycles. The smallest absolute Gasteiger partial charge is 0.119 e. The van der Waals surface area contributed by atoms with Gasteiger partial charge >= 0.3 is 0 Å². The lowest BCUT2D eigenvalue weighted by Crippen LogP contribution is -2.18. The Hall–Kier alpha value is -2.32. The van der Waals surface area contributed by atoms with Crippen LogP contribution in [0.5, 0.6) is 5.75 Å². The van der Waals surface area contributed by atoms with Crippen LogP contribution in [0.3, 0.4) is 0 Å². The first-order valence-corrected chi connectivity index (χ1v) is 8.20. The average molecular weight is 305 g/mol. The van der Waals surface area contributed by atoms with E-state index in [9.17, 15) is 0 Å². The van der Waals surface area contributed by atoms with E-state index in [1.807, 2.05) is 19.1 Å². The molecule has 0 bridgehead atoms. The second-order valence-electron chi connectivity index (χ2n) is 5.75. The lowest BCUT2D eigenvalue weighted by molar-refractivity contribution is 0.339. The van der Waals surface area contributed by atoms with Crippen LogP contribution in [0.15, 0.2) is 66.7 Å². The molecule has 0 saturated carbocycles. The molecule has 1 atom stereocenters. The van der Waals surface area contributed by atoms with E-state index >= 15 is 0 Å². The molecule has 0 aliphatic carbocycles. The number of benzene rings is 3. The maximum atomic E-state index is 5.57. The zero-order chi connectivity index (χ0) is 16.1. The predicted molar refractivity (Wildman–Crippen MR) is 96.8 cm³/mol. The molecular weight excluding hydrogens is 282 g/mol. The van der Waals surface area contributed by atoms with Crippen molar-refractivity contribution in [1.82, 2.24) is 5.32 Å². The van der Waals surface area contributed by atoms with Crippen molar-refractivity contribution in [3.63, 3.8) is 0 Å². The van der Waals surface area contributed by atoms with Gasteiger partial charge in [-0.15, -0.1) is 0 Å². The summed E-state index contributed by atoms with van der Waals surface area (Å²) in [7, 11) is 0. The topological polar surface area (TPSA) is 21.3 Å². The molecule has 0 amide bonds. The second-order valence-corrected chi connectivity index (χ2v) is 5.75. The van der Waals surface area contributed by atoms with Crippen molar-refractivity contribution in [3.8, 4) is 5.75 Å². The fourth-order valence-corrected chi connectivity index (χ4v) is 2.92. The van der Waals surface area contributed by atoms with Gasteiger partial charge in [0.2, 0.25) is 0 Å². The summed E-state index contributed by atoms with van der Waals surface area (Å²) in [5.74, 6) is 0.935. The molecule has 0 aliphatic rings. The maximum absolute atomic E-state index is 5.57. The van der Waals surface area contributed by atoms with Crippen molar-refractivity contribution in [2.75, 3.05) is 6.61 Å². The molecule has 0 fully saturated rings. The van der Waals surface area contributed by atoms with Crippen molar-refractivity contribution in [2.24, 2.45) is 0 Å². The van der Waals surface area contributed by atoms with Gasteiger partial charge in [0, 0.05) is 12.6 Å². The standard InChI is InChI=1S/C21H23NO/c1-3-23-19-11-6-8-17(14-19)15-22-16(2)20-13-7-10-18-9-4-5-12-21(18)20/h4-14,16,22H,3,15H2,1-2H3/t16-/m0/s1.